The van der Waals surface area contributed by atoms with Gasteiger partial charge in [-0.15, -0.1) is 0 Å². The van der Waals surface area contributed by atoms with Crippen LogP contribution < -0.4 is 0 Å². The quantitative estimate of drug-likeness (QED) is 0.569. The van der Waals surface area contributed by atoms with E-state index >= 15 is 0 Å². The molecule has 1 aromatic rings. The lowest BCUT2D eigenvalue weighted by Gasteiger charge is -2.02. The van der Waals surface area contributed by atoms with Gasteiger partial charge >= 0.3 is 0 Å². The summed E-state index contributed by atoms with van der Waals surface area (Å²) in [6.07, 6.45) is 4.05. The molecule has 0 saturated carbocycles. The molecule has 16 heavy (non-hydrogen) atoms. The van der Waals surface area contributed by atoms with Crippen molar-refractivity contribution in [3.05, 3.63) is 17.7 Å². The maximum atomic E-state index is 10.2. The lowest BCUT2D eigenvalue weighted by atomic mass is 10.1. The number of aliphatic imine (C=N–C) groups is 3. The Morgan fingerprint density at radius 1 is 0.875 bits per heavy atom. The third kappa shape index (κ3) is 2.44. The van der Waals surface area contributed by atoms with E-state index in [2.05, 4.69) is 15.0 Å². The monoisotopic (exact) mass is 215 g/mol. The highest BCUT2D eigenvalue weighted by atomic mass is 16.1. The highest BCUT2D eigenvalue weighted by molar-refractivity contribution is 5.71. The highest BCUT2D eigenvalue weighted by Crippen LogP contribution is 2.33. The first-order chi connectivity index (χ1) is 7.72. The maximum Gasteiger partial charge on any atom is 0.240 e. The zero-order chi connectivity index (χ0) is 12.0. The summed E-state index contributed by atoms with van der Waals surface area (Å²) in [4.78, 5) is 40.6. The molecule has 0 aliphatic heterocycles. The second-order valence-corrected chi connectivity index (χ2v) is 2.72. The summed E-state index contributed by atoms with van der Waals surface area (Å²) in [6.45, 7) is 1.61. The Labute approximate surface area is 90.1 Å². The lowest BCUT2D eigenvalue weighted by molar-refractivity contribution is 0.565. The lowest BCUT2D eigenvalue weighted by Crippen LogP contribution is -1.77. The highest BCUT2D eigenvalue weighted by Gasteiger charge is 2.06. The molecular formula is C10H5N3O3. The Morgan fingerprint density at radius 2 is 1.31 bits per heavy atom. The second-order valence-electron chi connectivity index (χ2n) is 2.72. The van der Waals surface area contributed by atoms with E-state index in [4.69, 9.17) is 0 Å². The van der Waals surface area contributed by atoms with Crippen LogP contribution in [-0.4, -0.2) is 18.2 Å². The van der Waals surface area contributed by atoms with Gasteiger partial charge in [-0.25, -0.2) is 14.4 Å². The number of carbonyl (C=O) groups excluding carboxylic acids is 3. The first-order valence-corrected chi connectivity index (χ1v) is 4.11. The van der Waals surface area contributed by atoms with Crippen LogP contribution in [-0.2, 0) is 14.4 Å². The first kappa shape index (κ1) is 11.4. The summed E-state index contributed by atoms with van der Waals surface area (Å²) >= 11 is 0. The minimum absolute atomic E-state index is 0.198. The zero-order valence-electron chi connectivity index (χ0n) is 8.22. The molecule has 1 rings (SSSR count). The van der Waals surface area contributed by atoms with Gasteiger partial charge in [-0.05, 0) is 19.1 Å². The third-order valence-electron chi connectivity index (χ3n) is 1.84. The van der Waals surface area contributed by atoms with E-state index < -0.39 is 0 Å². The van der Waals surface area contributed by atoms with Crippen LogP contribution in [0.25, 0.3) is 0 Å². The standard InChI is InChI=1S/C10H5N3O3/c1-7-9(12-5-15)2-8(11-4-14)3-10(7)13-6-16/h2-3H,1H3. The normalized spacial score (nSPS) is 8.31. The van der Waals surface area contributed by atoms with Gasteiger partial charge in [0.25, 0.3) is 0 Å². The molecule has 0 amide bonds. The molecule has 0 spiro atoms. The predicted octanol–water partition coefficient (Wildman–Crippen LogP) is 1.90. The Bertz CT molecular complexity index is 522. The Kier molecular flexibility index (Phi) is 3.78. The van der Waals surface area contributed by atoms with Crippen molar-refractivity contribution >= 4 is 35.3 Å². The third-order valence-corrected chi connectivity index (χ3v) is 1.84. The molecule has 0 aromatic heterocycles. The van der Waals surface area contributed by atoms with Crippen LogP contribution in [0.3, 0.4) is 0 Å². The van der Waals surface area contributed by atoms with Gasteiger partial charge in [0.15, 0.2) is 0 Å². The van der Waals surface area contributed by atoms with Gasteiger partial charge in [0.05, 0.1) is 17.1 Å². The van der Waals surface area contributed by atoms with Crippen molar-refractivity contribution in [3.8, 4) is 0 Å². The predicted molar refractivity (Wildman–Crippen MR) is 54.5 cm³/mol. The van der Waals surface area contributed by atoms with E-state index in [0.29, 0.717) is 5.56 Å². The van der Waals surface area contributed by atoms with Gasteiger partial charge in [0, 0.05) is 5.56 Å². The molecule has 0 aliphatic carbocycles. The maximum absolute atomic E-state index is 10.2. The van der Waals surface area contributed by atoms with Gasteiger partial charge < -0.3 is 0 Å². The molecule has 0 radical (unpaired) electrons. The molecule has 0 fully saturated rings. The first-order valence-electron chi connectivity index (χ1n) is 4.11. The molecule has 0 unspecified atom stereocenters. The topological polar surface area (TPSA) is 88.3 Å². The largest absolute Gasteiger partial charge is 0.240 e. The van der Waals surface area contributed by atoms with Crippen LogP contribution >= 0.6 is 0 Å². The average Bonchev–Trinajstić information content (AvgIpc) is 2.26. The fraction of sp³-hybridized carbons (Fsp3) is 0.100. The summed E-state index contributed by atoms with van der Waals surface area (Å²) in [5.74, 6) is 0. The van der Waals surface area contributed by atoms with Gasteiger partial charge in [-0.3, -0.25) is 0 Å². The number of rotatable bonds is 3. The minimum Gasteiger partial charge on any atom is -0.211 e. The van der Waals surface area contributed by atoms with Crippen LogP contribution in [0.2, 0.25) is 0 Å². The van der Waals surface area contributed by atoms with Crippen molar-refractivity contribution in [2.24, 2.45) is 15.0 Å². The summed E-state index contributed by atoms with van der Waals surface area (Å²) in [6, 6.07) is 2.77. The van der Waals surface area contributed by atoms with Crippen LogP contribution in [0.5, 0.6) is 0 Å². The molecule has 0 atom stereocenters. The number of isocyanates is 3. The molecular weight excluding hydrogens is 210 g/mol. The van der Waals surface area contributed by atoms with Crippen molar-refractivity contribution < 1.29 is 14.4 Å². The second kappa shape index (κ2) is 5.29. The Hall–Kier alpha value is -2.64. The van der Waals surface area contributed by atoms with Crippen molar-refractivity contribution in [2.75, 3.05) is 0 Å². The Morgan fingerprint density at radius 3 is 1.69 bits per heavy atom. The molecule has 0 bridgehead atoms. The fourth-order valence-electron chi connectivity index (χ4n) is 1.12. The number of hydrogen-bond donors (Lipinski definition) is 0. The molecule has 0 aliphatic rings. The van der Waals surface area contributed by atoms with Gasteiger partial charge in [0.1, 0.15) is 0 Å². The summed E-state index contributed by atoms with van der Waals surface area (Å²) in [5, 5.41) is 0. The Balaban J connectivity index is 3.55. The molecule has 6 heteroatoms. The van der Waals surface area contributed by atoms with Crippen LogP contribution in [0.4, 0.5) is 17.1 Å². The van der Waals surface area contributed by atoms with Gasteiger partial charge in [-0.1, -0.05) is 0 Å². The summed E-state index contributed by atoms with van der Waals surface area (Å²) in [7, 11) is 0. The van der Waals surface area contributed by atoms with E-state index in [1.807, 2.05) is 0 Å². The van der Waals surface area contributed by atoms with Crippen LogP contribution in [0.1, 0.15) is 5.56 Å². The van der Waals surface area contributed by atoms with Crippen molar-refractivity contribution in [2.45, 2.75) is 6.92 Å². The average molecular weight is 215 g/mol. The van der Waals surface area contributed by atoms with E-state index in [-0.39, 0.29) is 17.1 Å². The SMILES string of the molecule is Cc1c(N=C=O)cc(N=C=O)cc1N=C=O. The van der Waals surface area contributed by atoms with Crippen LogP contribution in [0.15, 0.2) is 27.1 Å². The smallest absolute Gasteiger partial charge is 0.211 e. The van der Waals surface area contributed by atoms with Gasteiger partial charge in [-0.2, -0.15) is 15.0 Å². The van der Waals surface area contributed by atoms with Crippen molar-refractivity contribution in [1.82, 2.24) is 0 Å². The van der Waals surface area contributed by atoms with Crippen LogP contribution in [0, 0.1) is 6.92 Å². The summed E-state index contributed by atoms with van der Waals surface area (Å²) < 4.78 is 0. The van der Waals surface area contributed by atoms with E-state index in [1.165, 1.54) is 30.4 Å². The molecule has 0 saturated heterocycles. The minimum atomic E-state index is 0.198. The number of nitrogens with zero attached hydrogens (tertiary/aromatic N) is 3. The number of hydrogen-bond acceptors (Lipinski definition) is 6. The molecule has 78 valence electrons. The van der Waals surface area contributed by atoms with Gasteiger partial charge in [0.2, 0.25) is 18.2 Å². The van der Waals surface area contributed by atoms with E-state index in [9.17, 15) is 14.4 Å². The van der Waals surface area contributed by atoms with Crippen molar-refractivity contribution in [1.29, 1.82) is 0 Å². The summed E-state index contributed by atoms with van der Waals surface area (Å²) in [5.41, 5.74) is 1.17. The number of benzene rings is 1. The molecule has 0 heterocycles. The molecule has 6 nitrogen and oxygen atoms in total. The molecule has 0 N–H and O–H groups in total. The zero-order valence-corrected chi connectivity index (χ0v) is 8.22. The van der Waals surface area contributed by atoms with E-state index in [0.717, 1.165) is 0 Å². The van der Waals surface area contributed by atoms with E-state index in [1.54, 1.807) is 6.92 Å². The van der Waals surface area contributed by atoms with Crippen molar-refractivity contribution in [3.63, 3.8) is 0 Å². The molecule has 1 aromatic carbocycles. The fourth-order valence-corrected chi connectivity index (χ4v) is 1.12.